The second kappa shape index (κ2) is 8.19. The Morgan fingerprint density at radius 2 is 2.05 bits per heavy atom. The van der Waals surface area contributed by atoms with E-state index in [0.29, 0.717) is 24.7 Å². The highest BCUT2D eigenvalue weighted by Crippen LogP contribution is 2.30. The highest BCUT2D eigenvalue weighted by Gasteiger charge is 2.19. The molecule has 1 aliphatic rings. The standard InChI is InChI=1S/C14H21N3O2.BrH/c15-13-9-8-12(11-5-2-1-3-6-11)16-17(13)10-4-7-14(18)19;/h8-9,11,15H,1-7,10H2,(H,18,19);1H. The number of carbonyl (C=O) groups is 1. The Labute approximate surface area is 130 Å². The molecule has 1 aliphatic carbocycles. The van der Waals surface area contributed by atoms with Gasteiger partial charge >= 0.3 is 5.97 Å². The molecule has 1 heterocycles. The van der Waals surface area contributed by atoms with Crippen LogP contribution in [0.1, 0.15) is 56.6 Å². The number of rotatable bonds is 5. The maximum absolute atomic E-state index is 10.5. The van der Waals surface area contributed by atoms with Crippen molar-refractivity contribution in [3.05, 3.63) is 17.8 Å². The lowest BCUT2D eigenvalue weighted by atomic mass is 9.87. The van der Waals surface area contributed by atoms with Gasteiger partial charge in [0.05, 0.1) is 5.69 Å². The highest BCUT2D eigenvalue weighted by molar-refractivity contribution is 5.66. The average Bonchev–Trinajstić information content (AvgIpc) is 2.41. The van der Waals surface area contributed by atoms with Crippen LogP contribution in [0.3, 0.4) is 0 Å². The van der Waals surface area contributed by atoms with Gasteiger partial charge in [0.15, 0.2) is 0 Å². The fraction of sp³-hybridized carbons (Fsp3) is 0.643. The number of hydrogen-bond donors (Lipinski definition) is 2. The number of aromatic nitrogens is 2. The average molecular weight is 344 g/mol. The first-order valence-electron chi connectivity index (χ1n) is 7.05. The van der Waals surface area contributed by atoms with Gasteiger partial charge in [-0.25, -0.2) is 0 Å². The van der Waals surface area contributed by atoms with E-state index in [1.165, 1.54) is 32.1 Å². The van der Waals surface area contributed by atoms with Crippen LogP contribution in [0.15, 0.2) is 12.1 Å². The normalized spacial score (nSPS) is 15.6. The van der Waals surface area contributed by atoms with Crippen molar-refractivity contribution in [3.8, 4) is 0 Å². The van der Waals surface area contributed by atoms with Crippen LogP contribution in [0.25, 0.3) is 0 Å². The van der Waals surface area contributed by atoms with Crippen molar-refractivity contribution in [1.29, 1.82) is 0 Å². The van der Waals surface area contributed by atoms with Crippen LogP contribution >= 0.6 is 0 Å². The lowest BCUT2D eigenvalue weighted by Crippen LogP contribution is -3.00. The molecule has 0 radical (unpaired) electrons. The number of nitrogen functional groups attached to an aromatic ring is 1. The van der Waals surface area contributed by atoms with Gasteiger partial charge in [0.25, 0.3) is 5.82 Å². The molecule has 2 rings (SSSR count). The summed E-state index contributed by atoms with van der Waals surface area (Å²) in [6, 6.07) is 3.90. The van der Waals surface area contributed by atoms with Gasteiger partial charge in [-0.1, -0.05) is 24.4 Å². The first kappa shape index (κ1) is 16.9. The lowest BCUT2D eigenvalue weighted by molar-refractivity contribution is -0.741. The van der Waals surface area contributed by atoms with Crippen LogP contribution in [0.5, 0.6) is 0 Å². The number of carboxylic acid groups (broad SMARTS) is 1. The minimum Gasteiger partial charge on any atom is -1.00 e. The third kappa shape index (κ3) is 4.74. The Bertz CT molecular complexity index is 448. The third-order valence-corrected chi connectivity index (χ3v) is 3.74. The Morgan fingerprint density at radius 1 is 1.35 bits per heavy atom. The molecule has 1 aromatic rings. The van der Waals surface area contributed by atoms with Crippen molar-refractivity contribution in [2.45, 2.75) is 57.4 Å². The first-order valence-corrected chi connectivity index (χ1v) is 7.05. The molecule has 3 N–H and O–H groups in total. The summed E-state index contributed by atoms with van der Waals surface area (Å²) in [5.74, 6) is 0.368. The van der Waals surface area contributed by atoms with Gasteiger partial charge in [-0.05, 0) is 25.3 Å². The Kier molecular flexibility index (Phi) is 6.91. The molecule has 0 spiro atoms. The van der Waals surface area contributed by atoms with E-state index in [4.69, 9.17) is 10.8 Å². The summed E-state index contributed by atoms with van der Waals surface area (Å²) in [5.41, 5.74) is 6.99. The number of aliphatic carboxylic acids is 1. The summed E-state index contributed by atoms with van der Waals surface area (Å²) in [7, 11) is 0. The van der Waals surface area contributed by atoms with Crippen LogP contribution in [-0.4, -0.2) is 16.2 Å². The van der Waals surface area contributed by atoms with Crippen LogP contribution in [0.2, 0.25) is 0 Å². The van der Waals surface area contributed by atoms with E-state index in [-0.39, 0.29) is 23.4 Å². The van der Waals surface area contributed by atoms with Gasteiger partial charge in [-0.2, -0.15) is 0 Å². The molecule has 20 heavy (non-hydrogen) atoms. The molecule has 1 fully saturated rings. The Hall–Kier alpha value is -1.17. The zero-order chi connectivity index (χ0) is 13.7. The zero-order valence-corrected chi connectivity index (χ0v) is 13.2. The van der Waals surface area contributed by atoms with Gasteiger partial charge in [0.1, 0.15) is 6.54 Å². The Morgan fingerprint density at radius 3 is 2.70 bits per heavy atom. The van der Waals surface area contributed by atoms with Crippen LogP contribution in [0, 0.1) is 0 Å². The van der Waals surface area contributed by atoms with E-state index < -0.39 is 5.97 Å². The predicted molar refractivity (Wildman–Crippen MR) is 71.5 cm³/mol. The lowest BCUT2D eigenvalue weighted by Gasteiger charge is -2.20. The fourth-order valence-corrected chi connectivity index (χ4v) is 2.66. The maximum Gasteiger partial charge on any atom is 0.303 e. The molecule has 6 heteroatoms. The summed E-state index contributed by atoms with van der Waals surface area (Å²) in [5, 5.41) is 13.2. The van der Waals surface area contributed by atoms with E-state index >= 15 is 0 Å². The summed E-state index contributed by atoms with van der Waals surface area (Å²) in [4.78, 5) is 10.5. The van der Waals surface area contributed by atoms with Crippen LogP contribution in [0.4, 0.5) is 5.82 Å². The molecule has 0 bridgehead atoms. The van der Waals surface area contributed by atoms with Crippen molar-refractivity contribution in [1.82, 2.24) is 5.10 Å². The third-order valence-electron chi connectivity index (χ3n) is 3.74. The topological polar surface area (TPSA) is 80.1 Å². The quantitative estimate of drug-likeness (QED) is 0.663. The van der Waals surface area contributed by atoms with E-state index in [9.17, 15) is 4.79 Å². The molecule has 0 amide bonds. The van der Waals surface area contributed by atoms with Gasteiger partial charge in [0, 0.05) is 18.4 Å². The van der Waals surface area contributed by atoms with Crippen LogP contribution in [-0.2, 0) is 11.3 Å². The number of nitrogens with two attached hydrogens (primary N) is 1. The second-order valence-electron chi connectivity index (χ2n) is 5.24. The number of hydrogen-bond acceptors (Lipinski definition) is 3. The van der Waals surface area contributed by atoms with E-state index in [0.717, 1.165) is 5.69 Å². The molecule has 1 aromatic heterocycles. The van der Waals surface area contributed by atoms with Crippen molar-refractivity contribution < 1.29 is 31.6 Å². The maximum atomic E-state index is 10.5. The van der Waals surface area contributed by atoms with Crippen molar-refractivity contribution in [3.63, 3.8) is 0 Å². The van der Waals surface area contributed by atoms with E-state index in [1.54, 1.807) is 4.68 Å². The summed E-state index contributed by atoms with van der Waals surface area (Å²) >= 11 is 0. The molecule has 0 unspecified atom stereocenters. The zero-order valence-electron chi connectivity index (χ0n) is 11.6. The monoisotopic (exact) mass is 343 g/mol. The molecule has 112 valence electrons. The molecule has 0 atom stereocenters. The minimum atomic E-state index is -0.775. The molecule has 5 nitrogen and oxygen atoms in total. The Balaban J connectivity index is 0.00000200. The molecular formula is C14H22BrN3O2. The molecular weight excluding hydrogens is 322 g/mol. The van der Waals surface area contributed by atoms with E-state index in [2.05, 4.69) is 5.10 Å². The smallest absolute Gasteiger partial charge is 0.303 e. The summed E-state index contributed by atoms with van der Waals surface area (Å²) in [6.07, 6.45) is 6.99. The van der Waals surface area contributed by atoms with Crippen LogP contribution < -0.4 is 27.4 Å². The predicted octanol–water partition coefficient (Wildman–Crippen LogP) is -1.13. The van der Waals surface area contributed by atoms with Crippen molar-refractivity contribution in [2.75, 3.05) is 5.73 Å². The number of anilines is 1. The molecule has 0 saturated heterocycles. The molecule has 0 aromatic carbocycles. The van der Waals surface area contributed by atoms with E-state index in [1.807, 2.05) is 12.1 Å². The first-order chi connectivity index (χ1) is 9.16. The largest absolute Gasteiger partial charge is 1.00 e. The van der Waals surface area contributed by atoms with Gasteiger partial charge in [-0.3, -0.25) is 10.5 Å². The van der Waals surface area contributed by atoms with Crippen molar-refractivity contribution >= 4 is 11.8 Å². The van der Waals surface area contributed by atoms with Gasteiger partial charge < -0.3 is 22.1 Å². The molecule has 0 aliphatic heterocycles. The highest BCUT2D eigenvalue weighted by atomic mass is 79.9. The number of nitrogens with zero attached hydrogens (tertiary/aromatic N) is 2. The fourth-order valence-electron chi connectivity index (χ4n) is 2.66. The second-order valence-corrected chi connectivity index (χ2v) is 5.24. The number of halogens is 1. The summed E-state index contributed by atoms with van der Waals surface area (Å²) in [6.45, 7) is 0.568. The number of aryl methyl sites for hydroxylation is 1. The number of carboxylic acids is 1. The minimum absolute atomic E-state index is 0. The van der Waals surface area contributed by atoms with Gasteiger partial charge in [-0.15, -0.1) is 4.68 Å². The summed E-state index contributed by atoms with van der Waals surface area (Å²) < 4.78 is 1.74. The van der Waals surface area contributed by atoms with Crippen molar-refractivity contribution in [2.24, 2.45) is 0 Å². The SMILES string of the molecule is Nc1ccc(C2CCCCC2)n[n+]1CCCC(=O)O.[Br-]. The molecule has 1 saturated carbocycles. The van der Waals surface area contributed by atoms with Gasteiger partial charge in [0.2, 0.25) is 0 Å².